The van der Waals surface area contributed by atoms with Gasteiger partial charge in [0.05, 0.1) is 34.1 Å². The van der Waals surface area contributed by atoms with E-state index in [4.69, 9.17) is 29.1 Å². The first-order chi connectivity index (χ1) is 25.5. The van der Waals surface area contributed by atoms with Crippen LogP contribution >= 0.6 is 0 Å². The van der Waals surface area contributed by atoms with Crippen molar-refractivity contribution in [2.24, 2.45) is 0 Å². The lowest BCUT2D eigenvalue weighted by Crippen LogP contribution is -2.11. The molecule has 1 heterocycles. The van der Waals surface area contributed by atoms with Gasteiger partial charge in [-0.2, -0.15) is 4.80 Å². The number of methoxy groups -OCH3 is 4. The van der Waals surface area contributed by atoms with Crippen LogP contribution in [0.1, 0.15) is 22.3 Å². The van der Waals surface area contributed by atoms with E-state index in [1.54, 1.807) is 33.2 Å². The van der Waals surface area contributed by atoms with Gasteiger partial charge in [-0.3, -0.25) is 0 Å². The summed E-state index contributed by atoms with van der Waals surface area (Å²) in [5, 5.41) is 9.64. The molecular formula is C44H38N4O4. The Balaban J connectivity index is 1.46. The van der Waals surface area contributed by atoms with Crippen molar-refractivity contribution in [1.82, 2.24) is 15.0 Å². The average Bonchev–Trinajstić information content (AvgIpc) is 3.65. The van der Waals surface area contributed by atoms with E-state index in [0.717, 1.165) is 78.8 Å². The van der Waals surface area contributed by atoms with Gasteiger partial charge in [0, 0.05) is 29.2 Å². The monoisotopic (exact) mass is 686 g/mol. The number of fused-ring (bicyclic) bond motifs is 1. The van der Waals surface area contributed by atoms with Crippen LogP contribution in [0.25, 0.3) is 27.9 Å². The molecule has 0 aliphatic heterocycles. The number of benzene rings is 6. The fourth-order valence-electron chi connectivity index (χ4n) is 5.92. The smallest absolute Gasteiger partial charge is 0.118 e. The SMILES string of the molecule is COc1ccc(C(=CN(C=C(c2ccc(OC)cc2)c2ccc(OC)cc2)c2ccc3nn(-c4ccccc4)nc3c2)c2ccc(OC)cc2)cc1. The molecule has 0 fully saturated rings. The van der Waals surface area contributed by atoms with E-state index in [9.17, 15) is 0 Å². The second kappa shape index (κ2) is 15.4. The highest BCUT2D eigenvalue weighted by Gasteiger charge is 2.15. The molecule has 6 aromatic carbocycles. The van der Waals surface area contributed by atoms with Crippen molar-refractivity contribution >= 4 is 27.9 Å². The molecular weight excluding hydrogens is 649 g/mol. The molecule has 0 aliphatic carbocycles. The summed E-state index contributed by atoms with van der Waals surface area (Å²) in [6, 6.07) is 48.4. The summed E-state index contributed by atoms with van der Waals surface area (Å²) >= 11 is 0. The zero-order valence-electron chi connectivity index (χ0n) is 29.4. The molecule has 0 atom stereocenters. The van der Waals surface area contributed by atoms with Crippen LogP contribution in [0.2, 0.25) is 0 Å². The Hall–Kier alpha value is -6.80. The summed E-state index contributed by atoms with van der Waals surface area (Å²) in [5.41, 5.74) is 9.34. The summed E-state index contributed by atoms with van der Waals surface area (Å²) in [5.74, 6) is 3.12. The second-order valence-corrected chi connectivity index (χ2v) is 11.9. The minimum atomic E-state index is 0.763. The lowest BCUT2D eigenvalue weighted by atomic mass is 9.97. The Labute approximate surface area is 303 Å². The van der Waals surface area contributed by atoms with Crippen LogP contribution in [0.3, 0.4) is 0 Å². The quantitative estimate of drug-likeness (QED) is 0.127. The number of ether oxygens (including phenoxy) is 4. The highest BCUT2D eigenvalue weighted by atomic mass is 16.5. The summed E-state index contributed by atoms with van der Waals surface area (Å²) in [6.45, 7) is 0. The first-order valence-electron chi connectivity index (χ1n) is 16.8. The van der Waals surface area contributed by atoms with Gasteiger partial charge in [-0.15, -0.1) is 10.2 Å². The van der Waals surface area contributed by atoms with Gasteiger partial charge in [0.25, 0.3) is 0 Å². The molecule has 0 amide bonds. The summed E-state index contributed by atoms with van der Waals surface area (Å²) in [6.07, 6.45) is 4.30. The van der Waals surface area contributed by atoms with Gasteiger partial charge in [0.2, 0.25) is 0 Å². The van der Waals surface area contributed by atoms with E-state index in [2.05, 4.69) is 78.0 Å². The molecule has 8 heteroatoms. The third-order valence-corrected chi connectivity index (χ3v) is 8.79. The number of para-hydroxylation sites is 1. The van der Waals surface area contributed by atoms with E-state index in [1.165, 1.54) is 0 Å². The van der Waals surface area contributed by atoms with Crippen LogP contribution in [0.15, 0.2) is 158 Å². The maximum Gasteiger partial charge on any atom is 0.118 e. The Morgan fingerprint density at radius 2 is 0.846 bits per heavy atom. The molecule has 0 N–H and O–H groups in total. The summed E-state index contributed by atoms with van der Waals surface area (Å²) < 4.78 is 22.0. The van der Waals surface area contributed by atoms with E-state index < -0.39 is 0 Å². The summed E-state index contributed by atoms with van der Waals surface area (Å²) in [7, 11) is 6.69. The van der Waals surface area contributed by atoms with Crippen molar-refractivity contribution in [3.63, 3.8) is 0 Å². The predicted octanol–water partition coefficient (Wildman–Crippen LogP) is 9.44. The molecule has 1 aromatic heterocycles. The fraction of sp³-hybridized carbons (Fsp3) is 0.0909. The van der Waals surface area contributed by atoms with E-state index in [-0.39, 0.29) is 0 Å². The predicted molar refractivity (Wildman–Crippen MR) is 207 cm³/mol. The number of hydrogen-bond acceptors (Lipinski definition) is 7. The average molecular weight is 687 g/mol. The van der Waals surface area contributed by atoms with Gasteiger partial charge >= 0.3 is 0 Å². The molecule has 0 radical (unpaired) electrons. The van der Waals surface area contributed by atoms with Gasteiger partial charge in [0.1, 0.15) is 34.0 Å². The highest BCUT2D eigenvalue weighted by molar-refractivity contribution is 5.88. The molecule has 0 spiro atoms. The third kappa shape index (κ3) is 7.37. The number of aromatic nitrogens is 3. The van der Waals surface area contributed by atoms with Crippen LogP contribution < -0.4 is 23.8 Å². The Kier molecular flexibility index (Phi) is 9.97. The number of hydrogen-bond donors (Lipinski definition) is 0. The van der Waals surface area contributed by atoms with Crippen molar-refractivity contribution < 1.29 is 18.9 Å². The number of rotatable bonds is 12. The number of nitrogens with zero attached hydrogens (tertiary/aromatic N) is 4. The molecule has 0 saturated carbocycles. The van der Waals surface area contributed by atoms with E-state index in [0.29, 0.717) is 0 Å². The third-order valence-electron chi connectivity index (χ3n) is 8.79. The van der Waals surface area contributed by atoms with Crippen molar-refractivity contribution in [2.75, 3.05) is 33.3 Å². The van der Waals surface area contributed by atoms with Crippen LogP contribution in [0.4, 0.5) is 5.69 Å². The minimum Gasteiger partial charge on any atom is -0.497 e. The van der Waals surface area contributed by atoms with Gasteiger partial charge in [-0.05, 0) is 101 Å². The normalized spacial score (nSPS) is 10.7. The molecule has 258 valence electrons. The van der Waals surface area contributed by atoms with Crippen LogP contribution in [-0.2, 0) is 0 Å². The van der Waals surface area contributed by atoms with Crippen LogP contribution in [-0.4, -0.2) is 43.4 Å². The topological polar surface area (TPSA) is 70.9 Å². The Bertz CT molecular complexity index is 2110. The lowest BCUT2D eigenvalue weighted by molar-refractivity contribution is 0.414. The van der Waals surface area contributed by atoms with Gasteiger partial charge in [-0.1, -0.05) is 66.7 Å². The second-order valence-electron chi connectivity index (χ2n) is 11.9. The molecule has 0 saturated heterocycles. The highest BCUT2D eigenvalue weighted by Crippen LogP contribution is 2.33. The molecule has 7 rings (SSSR count). The van der Waals surface area contributed by atoms with Gasteiger partial charge in [-0.25, -0.2) is 0 Å². The maximum absolute atomic E-state index is 5.51. The zero-order valence-corrected chi connectivity index (χ0v) is 29.4. The van der Waals surface area contributed by atoms with Crippen LogP contribution in [0, 0.1) is 0 Å². The molecule has 8 nitrogen and oxygen atoms in total. The fourth-order valence-corrected chi connectivity index (χ4v) is 5.92. The van der Waals surface area contributed by atoms with E-state index in [1.807, 2.05) is 84.9 Å². The maximum atomic E-state index is 5.51. The summed E-state index contributed by atoms with van der Waals surface area (Å²) in [4.78, 5) is 3.82. The van der Waals surface area contributed by atoms with Gasteiger partial charge in [0.15, 0.2) is 0 Å². The first kappa shape index (κ1) is 33.7. The lowest BCUT2D eigenvalue weighted by Gasteiger charge is -2.22. The molecule has 7 aromatic rings. The Morgan fingerprint density at radius 3 is 1.23 bits per heavy atom. The molecule has 0 unspecified atom stereocenters. The Morgan fingerprint density at radius 1 is 0.462 bits per heavy atom. The van der Waals surface area contributed by atoms with Crippen molar-refractivity contribution in [1.29, 1.82) is 0 Å². The standard InChI is InChI=1S/C44H38N4O4/c1-49-37-19-10-31(11-20-37)41(32-12-21-38(50-2)22-13-32)29-47(36-18-27-43-44(28-36)46-48(45-43)35-8-6-5-7-9-35)30-42(33-14-23-39(51-3)24-15-33)34-16-25-40(52-4)26-17-34/h5-30H,1-4H3. The number of anilines is 1. The molecule has 0 bridgehead atoms. The molecule has 0 aliphatic rings. The largest absolute Gasteiger partial charge is 0.497 e. The van der Waals surface area contributed by atoms with Gasteiger partial charge < -0.3 is 23.8 Å². The van der Waals surface area contributed by atoms with E-state index >= 15 is 0 Å². The zero-order chi connectivity index (χ0) is 35.9. The van der Waals surface area contributed by atoms with Crippen molar-refractivity contribution in [2.45, 2.75) is 0 Å². The van der Waals surface area contributed by atoms with Crippen molar-refractivity contribution in [3.05, 3.63) is 180 Å². The first-order valence-corrected chi connectivity index (χ1v) is 16.8. The molecule has 52 heavy (non-hydrogen) atoms. The van der Waals surface area contributed by atoms with Crippen LogP contribution in [0.5, 0.6) is 23.0 Å². The minimum absolute atomic E-state index is 0.763. The van der Waals surface area contributed by atoms with Crippen molar-refractivity contribution in [3.8, 4) is 28.7 Å².